The van der Waals surface area contributed by atoms with Gasteiger partial charge in [0.1, 0.15) is 0 Å². The van der Waals surface area contributed by atoms with E-state index < -0.39 is 0 Å². The van der Waals surface area contributed by atoms with Crippen molar-refractivity contribution in [2.24, 2.45) is 0 Å². The predicted molar refractivity (Wildman–Crippen MR) is 281 cm³/mol. The maximum absolute atomic E-state index is 5.40. The highest BCUT2D eigenvalue weighted by atomic mass is 32.1. The molecule has 0 fully saturated rings. The summed E-state index contributed by atoms with van der Waals surface area (Å²) in [4.78, 5) is 16.1. The molecule has 0 aliphatic carbocycles. The number of rotatable bonds is 6. The molecule has 5 nitrogen and oxygen atoms in total. The molecular formula is C61H37N5S. The minimum Gasteiger partial charge on any atom is -0.309 e. The van der Waals surface area contributed by atoms with E-state index in [2.05, 4.69) is 234 Å². The predicted octanol–water partition coefficient (Wildman–Crippen LogP) is 16.3. The Labute approximate surface area is 389 Å². The van der Waals surface area contributed by atoms with Gasteiger partial charge in [0.2, 0.25) is 0 Å². The molecule has 0 amide bonds. The second-order valence-electron chi connectivity index (χ2n) is 17.2. The van der Waals surface area contributed by atoms with E-state index in [9.17, 15) is 0 Å². The Kier molecular flexibility index (Phi) is 8.38. The van der Waals surface area contributed by atoms with E-state index in [4.69, 9.17) is 15.0 Å². The van der Waals surface area contributed by atoms with Gasteiger partial charge >= 0.3 is 0 Å². The minimum absolute atomic E-state index is 0.620. The van der Waals surface area contributed by atoms with Crippen molar-refractivity contribution in [1.82, 2.24) is 24.1 Å². The van der Waals surface area contributed by atoms with Crippen LogP contribution in [0.3, 0.4) is 0 Å². The van der Waals surface area contributed by atoms with Gasteiger partial charge in [-0.1, -0.05) is 170 Å². The lowest BCUT2D eigenvalue weighted by molar-refractivity contribution is 1.08. The zero-order chi connectivity index (χ0) is 44.0. The number of benzene rings is 10. The van der Waals surface area contributed by atoms with Gasteiger partial charge in [-0.05, 0) is 76.5 Å². The molecule has 0 N–H and O–H groups in total. The molecule has 6 heteroatoms. The van der Waals surface area contributed by atoms with E-state index in [-0.39, 0.29) is 0 Å². The fourth-order valence-corrected chi connectivity index (χ4v) is 11.6. The van der Waals surface area contributed by atoms with Crippen molar-refractivity contribution in [2.75, 3.05) is 0 Å². The Balaban J connectivity index is 0.975. The number of hydrogen-bond acceptors (Lipinski definition) is 4. The number of thiophene rings is 1. The van der Waals surface area contributed by atoms with Crippen molar-refractivity contribution >= 4 is 85.9 Å². The van der Waals surface area contributed by atoms with Crippen molar-refractivity contribution in [3.05, 3.63) is 224 Å². The molecule has 0 radical (unpaired) electrons. The Morgan fingerprint density at radius 3 is 1.55 bits per heavy atom. The third-order valence-corrected chi connectivity index (χ3v) is 14.7. The number of hydrogen-bond donors (Lipinski definition) is 0. The molecule has 4 heterocycles. The summed E-state index contributed by atoms with van der Waals surface area (Å²) >= 11 is 1.81. The first kappa shape index (κ1) is 37.6. The van der Waals surface area contributed by atoms with Gasteiger partial charge in [0.25, 0.3) is 0 Å². The first-order valence-electron chi connectivity index (χ1n) is 22.6. The van der Waals surface area contributed by atoms with Crippen molar-refractivity contribution in [3.8, 4) is 56.7 Å². The highest BCUT2D eigenvalue weighted by Crippen LogP contribution is 2.44. The molecule has 0 saturated heterocycles. The van der Waals surface area contributed by atoms with Crippen molar-refractivity contribution in [1.29, 1.82) is 0 Å². The first-order chi connectivity index (χ1) is 33.2. The van der Waals surface area contributed by atoms with Gasteiger partial charge in [-0.25, -0.2) is 15.0 Å². The Morgan fingerprint density at radius 2 is 0.821 bits per heavy atom. The van der Waals surface area contributed by atoms with E-state index in [0.717, 1.165) is 49.4 Å². The molecule has 0 atom stereocenters. The summed E-state index contributed by atoms with van der Waals surface area (Å²) in [5, 5.41) is 9.70. The summed E-state index contributed by atoms with van der Waals surface area (Å²) < 4.78 is 7.12. The Bertz CT molecular complexity index is 4220. The second-order valence-corrected chi connectivity index (χ2v) is 18.2. The average molecular weight is 872 g/mol. The first-order valence-corrected chi connectivity index (χ1v) is 23.4. The van der Waals surface area contributed by atoms with Crippen LogP contribution < -0.4 is 0 Å². The fourth-order valence-electron chi connectivity index (χ4n) is 10.2. The van der Waals surface area contributed by atoms with Crippen LogP contribution in [0, 0.1) is 0 Å². The van der Waals surface area contributed by atoms with Crippen LogP contribution >= 0.6 is 11.3 Å². The van der Waals surface area contributed by atoms with Crippen LogP contribution in [0.2, 0.25) is 0 Å². The fraction of sp³-hybridized carbons (Fsp3) is 0. The summed E-state index contributed by atoms with van der Waals surface area (Å²) in [6.07, 6.45) is 0. The molecule has 0 spiro atoms. The number of aromatic nitrogens is 5. The van der Waals surface area contributed by atoms with Crippen LogP contribution in [-0.2, 0) is 0 Å². The molecule has 0 bridgehead atoms. The maximum atomic E-state index is 5.40. The third kappa shape index (κ3) is 5.97. The minimum atomic E-state index is 0.620. The van der Waals surface area contributed by atoms with Gasteiger partial charge in [0.15, 0.2) is 17.5 Å². The summed E-state index contributed by atoms with van der Waals surface area (Å²) in [5.41, 5.74) is 12.0. The maximum Gasteiger partial charge on any atom is 0.165 e. The van der Waals surface area contributed by atoms with E-state index in [0.29, 0.717) is 17.5 Å². The van der Waals surface area contributed by atoms with Crippen LogP contribution in [0.5, 0.6) is 0 Å². The topological polar surface area (TPSA) is 48.5 Å². The average Bonchev–Trinajstić information content (AvgIpc) is 4.06. The van der Waals surface area contributed by atoms with Crippen molar-refractivity contribution in [2.45, 2.75) is 0 Å². The van der Waals surface area contributed by atoms with Crippen LogP contribution in [-0.4, -0.2) is 24.1 Å². The van der Waals surface area contributed by atoms with Gasteiger partial charge in [-0.15, -0.1) is 11.3 Å². The summed E-state index contributed by atoms with van der Waals surface area (Å²) in [6.45, 7) is 0. The molecule has 0 aliphatic rings. The monoisotopic (exact) mass is 871 g/mol. The highest BCUT2D eigenvalue weighted by Gasteiger charge is 2.21. The molecule has 10 aromatic carbocycles. The molecule has 14 aromatic rings. The smallest absolute Gasteiger partial charge is 0.165 e. The lowest BCUT2D eigenvalue weighted by Crippen LogP contribution is -2.00. The molecule has 4 aromatic heterocycles. The molecule has 312 valence electrons. The van der Waals surface area contributed by atoms with Gasteiger partial charge < -0.3 is 9.13 Å². The molecule has 14 rings (SSSR count). The highest BCUT2D eigenvalue weighted by molar-refractivity contribution is 7.26. The Morgan fingerprint density at radius 1 is 0.299 bits per heavy atom. The number of nitrogens with zero attached hydrogens (tertiary/aromatic N) is 5. The standard InChI is InChI=1S/C61H37N5S/c1-2-16-44(17-3-1)65-52-24-9-6-20-47(52)48-35-34-43(37-56(48)65)60-62-59(40-31-28-39(29-32-40)42-33-30-38-14-4-5-15-41(38)36-42)63-61(64-60)51-23-12-21-49-50-22-13-27-55(58(50)67-57(49)51)66-53-25-10-7-18-45(53)46-19-8-11-26-54(46)66/h1-37H. The molecular weight excluding hydrogens is 835 g/mol. The van der Waals surface area contributed by atoms with E-state index >= 15 is 0 Å². The molecule has 0 aliphatic heterocycles. The number of fused-ring (bicyclic) bond motifs is 10. The summed E-state index contributed by atoms with van der Waals surface area (Å²) in [7, 11) is 0. The third-order valence-electron chi connectivity index (χ3n) is 13.4. The Hall–Kier alpha value is -8.71. The second kappa shape index (κ2) is 14.9. The van der Waals surface area contributed by atoms with Gasteiger partial charge in [0, 0.05) is 59.4 Å². The van der Waals surface area contributed by atoms with Gasteiger partial charge in [0.05, 0.1) is 32.5 Å². The van der Waals surface area contributed by atoms with Crippen LogP contribution in [0.15, 0.2) is 224 Å². The zero-order valence-corrected chi connectivity index (χ0v) is 36.8. The van der Waals surface area contributed by atoms with Crippen molar-refractivity contribution < 1.29 is 0 Å². The SMILES string of the molecule is c1ccc(-n2c3ccccc3c3ccc(-c4nc(-c5ccc(-c6ccc7ccccc7c6)cc5)nc(-c5cccc6c5sc5c(-n7c8ccccc8c8ccccc87)cccc56)n4)cc32)cc1. The van der Waals surface area contributed by atoms with Crippen LogP contribution in [0.1, 0.15) is 0 Å². The lowest BCUT2D eigenvalue weighted by atomic mass is 10.00. The normalized spacial score (nSPS) is 11.9. The van der Waals surface area contributed by atoms with Crippen LogP contribution in [0.25, 0.3) is 131 Å². The van der Waals surface area contributed by atoms with Gasteiger partial charge in [-0.2, -0.15) is 0 Å². The largest absolute Gasteiger partial charge is 0.309 e. The number of para-hydroxylation sites is 4. The molecule has 67 heavy (non-hydrogen) atoms. The van der Waals surface area contributed by atoms with E-state index in [1.165, 1.54) is 64.4 Å². The van der Waals surface area contributed by atoms with Crippen molar-refractivity contribution in [3.63, 3.8) is 0 Å². The summed E-state index contributed by atoms with van der Waals surface area (Å²) in [5.74, 6) is 1.88. The zero-order valence-electron chi connectivity index (χ0n) is 36.0. The lowest BCUT2D eigenvalue weighted by Gasteiger charge is -2.11. The van der Waals surface area contributed by atoms with Crippen LogP contribution in [0.4, 0.5) is 0 Å². The molecule has 0 saturated carbocycles. The van der Waals surface area contributed by atoms with Gasteiger partial charge in [-0.3, -0.25) is 0 Å². The quantitative estimate of drug-likeness (QED) is 0.167. The van der Waals surface area contributed by atoms with E-state index in [1.807, 2.05) is 11.3 Å². The van der Waals surface area contributed by atoms with E-state index in [1.54, 1.807) is 0 Å². The molecule has 0 unspecified atom stereocenters. The summed E-state index contributed by atoms with van der Waals surface area (Å²) in [6, 6.07) is 80.2.